The van der Waals surface area contributed by atoms with Crippen molar-refractivity contribution in [2.75, 3.05) is 7.05 Å². The Morgan fingerprint density at radius 3 is 2.44 bits per heavy atom. The Balaban J connectivity index is 2.38. The number of aromatic nitrogens is 1. The molecular weight excluding hydrogens is 227 g/mol. The molecule has 1 aromatic carbocycles. The molecule has 2 nitrogen and oxygen atoms in total. The first kappa shape index (κ1) is 12.7. The van der Waals surface area contributed by atoms with Crippen LogP contribution in [0.4, 0.5) is 4.39 Å². The largest absolute Gasteiger partial charge is 0.308 e. The highest BCUT2D eigenvalue weighted by Crippen LogP contribution is 2.22. The molecule has 2 aromatic rings. The molecule has 0 aliphatic rings. The van der Waals surface area contributed by atoms with E-state index in [2.05, 4.69) is 42.3 Å². The van der Waals surface area contributed by atoms with Gasteiger partial charge >= 0.3 is 0 Å². The lowest BCUT2D eigenvalue weighted by molar-refractivity contribution is 0.609. The van der Waals surface area contributed by atoms with Crippen LogP contribution in [0.1, 0.15) is 28.4 Å². The Kier molecular flexibility index (Phi) is 3.72. The van der Waals surface area contributed by atoms with Crippen LogP contribution in [0, 0.1) is 19.7 Å². The molecule has 94 valence electrons. The SMILES string of the molecule is CNC(c1ccc(C)c(C)c1)c1ccc(F)cn1. The summed E-state index contributed by atoms with van der Waals surface area (Å²) in [4.78, 5) is 4.14. The van der Waals surface area contributed by atoms with Crippen molar-refractivity contribution in [1.29, 1.82) is 0 Å². The Morgan fingerprint density at radius 2 is 1.89 bits per heavy atom. The van der Waals surface area contributed by atoms with Crippen LogP contribution in [0.5, 0.6) is 0 Å². The van der Waals surface area contributed by atoms with Crippen molar-refractivity contribution in [3.05, 3.63) is 64.7 Å². The van der Waals surface area contributed by atoms with Gasteiger partial charge in [-0.2, -0.15) is 0 Å². The molecule has 2 rings (SSSR count). The smallest absolute Gasteiger partial charge is 0.141 e. The molecule has 0 saturated heterocycles. The standard InChI is InChI=1S/C15H17FN2/c1-10-4-5-12(8-11(10)2)15(17-3)14-7-6-13(16)9-18-14/h4-9,15,17H,1-3H3. The number of nitrogens with zero attached hydrogens (tertiary/aromatic N) is 1. The molecule has 0 spiro atoms. The predicted molar refractivity (Wildman–Crippen MR) is 71.0 cm³/mol. The molecule has 18 heavy (non-hydrogen) atoms. The van der Waals surface area contributed by atoms with Crippen molar-refractivity contribution < 1.29 is 4.39 Å². The molecule has 0 amide bonds. The van der Waals surface area contributed by atoms with Gasteiger partial charge in [0.25, 0.3) is 0 Å². The number of aryl methyl sites for hydroxylation is 2. The highest BCUT2D eigenvalue weighted by molar-refractivity contribution is 5.35. The molecule has 0 aliphatic heterocycles. The number of rotatable bonds is 3. The maximum Gasteiger partial charge on any atom is 0.141 e. The van der Waals surface area contributed by atoms with Crippen LogP contribution in [0.2, 0.25) is 0 Å². The van der Waals surface area contributed by atoms with Gasteiger partial charge in [0.15, 0.2) is 0 Å². The first-order chi connectivity index (χ1) is 8.61. The van der Waals surface area contributed by atoms with Crippen LogP contribution in [0.15, 0.2) is 36.5 Å². The lowest BCUT2D eigenvalue weighted by Crippen LogP contribution is -2.19. The number of hydrogen-bond donors (Lipinski definition) is 1. The van der Waals surface area contributed by atoms with E-state index >= 15 is 0 Å². The van der Waals surface area contributed by atoms with Crippen molar-refractivity contribution in [2.45, 2.75) is 19.9 Å². The van der Waals surface area contributed by atoms with Gasteiger partial charge < -0.3 is 5.32 Å². The molecule has 0 aliphatic carbocycles. The summed E-state index contributed by atoms with van der Waals surface area (Å²) in [7, 11) is 1.88. The summed E-state index contributed by atoms with van der Waals surface area (Å²) in [5.41, 5.74) is 4.47. The van der Waals surface area contributed by atoms with Gasteiger partial charge in [0.1, 0.15) is 5.82 Å². The van der Waals surface area contributed by atoms with Gasteiger partial charge in [0, 0.05) is 0 Å². The van der Waals surface area contributed by atoms with Gasteiger partial charge in [-0.25, -0.2) is 4.39 Å². The lowest BCUT2D eigenvalue weighted by atomic mass is 9.99. The molecule has 0 bridgehead atoms. The van der Waals surface area contributed by atoms with Crippen molar-refractivity contribution in [1.82, 2.24) is 10.3 Å². The molecular formula is C15H17FN2. The first-order valence-electron chi connectivity index (χ1n) is 5.97. The van der Waals surface area contributed by atoms with Crippen molar-refractivity contribution in [3.63, 3.8) is 0 Å². The maximum absolute atomic E-state index is 12.9. The normalized spacial score (nSPS) is 12.4. The number of benzene rings is 1. The molecule has 1 atom stereocenters. The molecule has 1 N–H and O–H groups in total. The van der Waals surface area contributed by atoms with Crippen LogP contribution in [0.25, 0.3) is 0 Å². The summed E-state index contributed by atoms with van der Waals surface area (Å²) in [5.74, 6) is -0.311. The van der Waals surface area contributed by atoms with Crippen LogP contribution in [-0.2, 0) is 0 Å². The Hall–Kier alpha value is -1.74. The summed E-state index contributed by atoms with van der Waals surface area (Å²) in [6, 6.07) is 9.46. The van der Waals surface area contributed by atoms with E-state index in [1.807, 2.05) is 7.05 Å². The van der Waals surface area contributed by atoms with Crippen molar-refractivity contribution in [2.24, 2.45) is 0 Å². The Labute approximate surface area is 107 Å². The number of pyridine rings is 1. The van der Waals surface area contributed by atoms with Gasteiger partial charge in [-0.1, -0.05) is 18.2 Å². The highest BCUT2D eigenvalue weighted by atomic mass is 19.1. The predicted octanol–water partition coefficient (Wildman–Crippen LogP) is 3.15. The van der Waals surface area contributed by atoms with Crippen LogP contribution < -0.4 is 5.32 Å². The van der Waals surface area contributed by atoms with Crippen LogP contribution in [0.3, 0.4) is 0 Å². The number of hydrogen-bond acceptors (Lipinski definition) is 2. The van der Waals surface area contributed by atoms with E-state index in [-0.39, 0.29) is 11.9 Å². The monoisotopic (exact) mass is 244 g/mol. The minimum atomic E-state index is -0.311. The van der Waals surface area contributed by atoms with Gasteiger partial charge in [0.05, 0.1) is 17.9 Å². The summed E-state index contributed by atoms with van der Waals surface area (Å²) in [5, 5.41) is 3.22. The van der Waals surface area contributed by atoms with E-state index in [1.54, 1.807) is 6.07 Å². The fraction of sp³-hybridized carbons (Fsp3) is 0.267. The zero-order valence-electron chi connectivity index (χ0n) is 10.9. The van der Waals surface area contributed by atoms with Gasteiger partial charge in [-0.05, 0) is 49.7 Å². The Morgan fingerprint density at radius 1 is 1.11 bits per heavy atom. The van der Waals surface area contributed by atoms with Crippen LogP contribution >= 0.6 is 0 Å². The second kappa shape index (κ2) is 5.27. The van der Waals surface area contributed by atoms with E-state index in [0.717, 1.165) is 11.3 Å². The fourth-order valence-electron chi connectivity index (χ4n) is 1.99. The quantitative estimate of drug-likeness (QED) is 0.897. The fourth-order valence-corrected chi connectivity index (χ4v) is 1.99. The van der Waals surface area contributed by atoms with E-state index in [4.69, 9.17) is 0 Å². The van der Waals surface area contributed by atoms with E-state index < -0.39 is 0 Å². The third kappa shape index (κ3) is 2.57. The molecule has 1 heterocycles. The average molecular weight is 244 g/mol. The Bertz CT molecular complexity index is 535. The minimum Gasteiger partial charge on any atom is -0.308 e. The van der Waals surface area contributed by atoms with Crippen LogP contribution in [-0.4, -0.2) is 12.0 Å². The van der Waals surface area contributed by atoms with Gasteiger partial charge in [-0.3, -0.25) is 4.98 Å². The number of halogens is 1. The molecule has 3 heteroatoms. The lowest BCUT2D eigenvalue weighted by Gasteiger charge is -2.17. The first-order valence-corrected chi connectivity index (χ1v) is 5.97. The third-order valence-corrected chi connectivity index (χ3v) is 3.20. The second-order valence-corrected chi connectivity index (χ2v) is 4.47. The van der Waals surface area contributed by atoms with Crippen molar-refractivity contribution >= 4 is 0 Å². The summed E-state index contributed by atoms with van der Waals surface area (Å²) < 4.78 is 12.9. The second-order valence-electron chi connectivity index (χ2n) is 4.47. The molecule has 0 saturated carbocycles. The van der Waals surface area contributed by atoms with E-state index in [1.165, 1.54) is 23.4 Å². The molecule has 0 radical (unpaired) electrons. The zero-order chi connectivity index (χ0) is 13.1. The van der Waals surface area contributed by atoms with Gasteiger partial charge in [-0.15, -0.1) is 0 Å². The van der Waals surface area contributed by atoms with E-state index in [9.17, 15) is 4.39 Å². The third-order valence-electron chi connectivity index (χ3n) is 3.20. The average Bonchev–Trinajstić information content (AvgIpc) is 2.37. The summed E-state index contributed by atoms with van der Waals surface area (Å²) >= 11 is 0. The molecule has 1 aromatic heterocycles. The summed E-state index contributed by atoms with van der Waals surface area (Å²) in [6.07, 6.45) is 1.25. The number of nitrogens with one attached hydrogen (secondary N) is 1. The molecule has 1 unspecified atom stereocenters. The highest BCUT2D eigenvalue weighted by Gasteiger charge is 2.13. The van der Waals surface area contributed by atoms with E-state index in [0.29, 0.717) is 0 Å². The minimum absolute atomic E-state index is 0.00935. The van der Waals surface area contributed by atoms with Gasteiger partial charge in [0.2, 0.25) is 0 Å². The summed E-state index contributed by atoms with van der Waals surface area (Å²) in [6.45, 7) is 4.17. The maximum atomic E-state index is 12.9. The topological polar surface area (TPSA) is 24.9 Å². The zero-order valence-corrected chi connectivity index (χ0v) is 10.9. The van der Waals surface area contributed by atoms with Crippen molar-refractivity contribution in [3.8, 4) is 0 Å². The molecule has 0 fully saturated rings.